The number of amides is 1. The summed E-state index contributed by atoms with van der Waals surface area (Å²) in [5.74, 6) is -1.87. The van der Waals surface area contributed by atoms with Gasteiger partial charge in [-0.25, -0.2) is 0 Å². The van der Waals surface area contributed by atoms with Gasteiger partial charge in [-0.2, -0.15) is 0 Å². The lowest BCUT2D eigenvalue weighted by molar-refractivity contribution is -0.152. The molecule has 0 radical (unpaired) electrons. The lowest BCUT2D eigenvalue weighted by Crippen LogP contribution is -2.45. The molecular weight excluding hydrogens is 372 g/mol. The molecule has 0 spiro atoms. The summed E-state index contributed by atoms with van der Waals surface area (Å²) in [6.45, 7) is 1.45. The third-order valence-electron chi connectivity index (χ3n) is 4.47. The van der Waals surface area contributed by atoms with Crippen LogP contribution in [-0.4, -0.2) is 34.1 Å². The number of Topliss-reactive ketones (excluding diaryl/α,β-unsaturated/α-hetero) is 1. The van der Waals surface area contributed by atoms with Crippen LogP contribution >= 0.6 is 0 Å². The zero-order valence-electron chi connectivity index (χ0n) is 15.8. The van der Waals surface area contributed by atoms with Gasteiger partial charge in [0.05, 0.1) is 12.1 Å². The summed E-state index contributed by atoms with van der Waals surface area (Å²) in [6, 6.07) is 15.8. The third kappa shape index (κ3) is 4.95. The summed E-state index contributed by atoms with van der Waals surface area (Å²) in [5.41, 5.74) is 0.721. The number of carboxylic acids is 1. The second-order valence-electron chi connectivity index (χ2n) is 6.75. The Labute approximate surface area is 167 Å². The quantitative estimate of drug-likeness (QED) is 0.702. The lowest BCUT2D eigenvalue weighted by Gasteiger charge is -2.23. The van der Waals surface area contributed by atoms with Gasteiger partial charge in [0.2, 0.25) is 5.60 Å². The summed E-state index contributed by atoms with van der Waals surface area (Å²) in [4.78, 5) is 40.9. The summed E-state index contributed by atoms with van der Waals surface area (Å²) < 4.78 is 0. The van der Waals surface area contributed by atoms with Gasteiger partial charge in [-0.1, -0.05) is 41.6 Å². The Morgan fingerprint density at radius 3 is 2.41 bits per heavy atom. The van der Waals surface area contributed by atoms with Crippen molar-refractivity contribution in [1.29, 1.82) is 0 Å². The number of allylic oxidation sites excluding steroid dienone is 1. The molecule has 0 bridgehead atoms. The first-order valence-corrected chi connectivity index (χ1v) is 9.00. The SMILES string of the molecule is CC(=O)c1ccc(NC(=O)[C@]2(CC(=O)O)CC(/C=C/c3ccccc3)=NO2)cc1. The largest absolute Gasteiger partial charge is 0.481 e. The second-order valence-corrected chi connectivity index (χ2v) is 6.75. The number of ketones is 1. The van der Waals surface area contributed by atoms with E-state index in [1.54, 1.807) is 30.3 Å². The first-order chi connectivity index (χ1) is 13.9. The molecule has 148 valence electrons. The van der Waals surface area contributed by atoms with E-state index in [1.165, 1.54) is 6.92 Å². The molecule has 2 aromatic rings. The van der Waals surface area contributed by atoms with Crippen LogP contribution < -0.4 is 5.32 Å². The molecule has 7 heteroatoms. The van der Waals surface area contributed by atoms with Gasteiger partial charge in [0.25, 0.3) is 5.91 Å². The van der Waals surface area contributed by atoms with Gasteiger partial charge in [-0.05, 0) is 42.8 Å². The van der Waals surface area contributed by atoms with E-state index in [4.69, 9.17) is 4.84 Å². The van der Waals surface area contributed by atoms with E-state index < -0.39 is 23.9 Å². The van der Waals surface area contributed by atoms with Crippen LogP contribution in [0.25, 0.3) is 6.08 Å². The standard InChI is InChI=1S/C22H20N2O5/c1-15(25)17-8-11-18(12-9-17)23-21(28)22(14-20(26)27)13-19(24-29-22)10-7-16-5-3-2-4-6-16/h2-12H,13-14H2,1H3,(H,23,28)(H,26,27)/b10-7+/t22-/m1/s1. The van der Waals surface area contributed by atoms with Crippen molar-refractivity contribution in [3.63, 3.8) is 0 Å². The van der Waals surface area contributed by atoms with Crippen LogP contribution in [0.3, 0.4) is 0 Å². The van der Waals surface area contributed by atoms with Crippen LogP contribution in [0, 0.1) is 0 Å². The molecule has 0 saturated heterocycles. The molecule has 0 fully saturated rings. The van der Waals surface area contributed by atoms with E-state index in [2.05, 4.69) is 10.5 Å². The Kier molecular flexibility index (Phi) is 5.87. The smallest absolute Gasteiger partial charge is 0.308 e. The Hall–Kier alpha value is -3.74. The molecule has 1 atom stereocenters. The van der Waals surface area contributed by atoms with Crippen molar-refractivity contribution >= 4 is 35.1 Å². The number of aliphatic carboxylic acids is 1. The number of hydrogen-bond donors (Lipinski definition) is 2. The van der Waals surface area contributed by atoms with Crippen LogP contribution in [0.5, 0.6) is 0 Å². The van der Waals surface area contributed by atoms with Crippen molar-refractivity contribution in [3.05, 3.63) is 71.8 Å². The van der Waals surface area contributed by atoms with E-state index in [9.17, 15) is 19.5 Å². The van der Waals surface area contributed by atoms with Gasteiger partial charge in [-0.3, -0.25) is 14.4 Å². The highest BCUT2D eigenvalue weighted by Gasteiger charge is 2.48. The number of nitrogens with zero attached hydrogens (tertiary/aromatic N) is 1. The fourth-order valence-electron chi connectivity index (χ4n) is 2.92. The number of carbonyl (C=O) groups is 3. The molecule has 1 heterocycles. The number of anilines is 1. The fourth-order valence-corrected chi connectivity index (χ4v) is 2.92. The highest BCUT2D eigenvalue weighted by Crippen LogP contribution is 2.30. The van der Waals surface area contributed by atoms with Gasteiger partial charge in [0.1, 0.15) is 0 Å². The van der Waals surface area contributed by atoms with Gasteiger partial charge in [-0.15, -0.1) is 0 Å². The Morgan fingerprint density at radius 1 is 1.10 bits per heavy atom. The Balaban J connectivity index is 1.73. The van der Waals surface area contributed by atoms with Crippen molar-refractivity contribution < 1.29 is 24.3 Å². The Bertz CT molecular complexity index is 980. The minimum Gasteiger partial charge on any atom is -0.481 e. The van der Waals surface area contributed by atoms with Crippen molar-refractivity contribution in [2.75, 3.05) is 5.32 Å². The molecule has 0 unspecified atom stereocenters. The van der Waals surface area contributed by atoms with Gasteiger partial charge in [0, 0.05) is 17.7 Å². The summed E-state index contributed by atoms with van der Waals surface area (Å²) in [5, 5.41) is 15.9. The first kappa shape index (κ1) is 20.0. The summed E-state index contributed by atoms with van der Waals surface area (Å²) in [6.07, 6.45) is 3.02. The van der Waals surface area contributed by atoms with Crippen molar-refractivity contribution in [2.45, 2.75) is 25.4 Å². The number of carboxylic acid groups (broad SMARTS) is 1. The van der Waals surface area contributed by atoms with Crippen LogP contribution in [0.2, 0.25) is 0 Å². The van der Waals surface area contributed by atoms with Crippen molar-refractivity contribution in [3.8, 4) is 0 Å². The molecule has 1 aliphatic rings. The summed E-state index contributed by atoms with van der Waals surface area (Å²) >= 11 is 0. The molecule has 0 saturated carbocycles. The van der Waals surface area contributed by atoms with Crippen molar-refractivity contribution in [1.82, 2.24) is 0 Å². The molecule has 29 heavy (non-hydrogen) atoms. The van der Waals surface area contributed by atoms with Crippen LogP contribution in [0.4, 0.5) is 5.69 Å². The predicted molar refractivity (Wildman–Crippen MR) is 109 cm³/mol. The number of rotatable bonds is 7. The monoisotopic (exact) mass is 392 g/mol. The minimum absolute atomic E-state index is 0.0278. The normalized spacial score (nSPS) is 18.2. The second kappa shape index (κ2) is 8.52. The summed E-state index contributed by atoms with van der Waals surface area (Å²) in [7, 11) is 0. The van der Waals surface area contributed by atoms with Gasteiger partial charge < -0.3 is 15.3 Å². The minimum atomic E-state index is -1.64. The number of hydrogen-bond acceptors (Lipinski definition) is 5. The van der Waals surface area contributed by atoms with E-state index in [0.29, 0.717) is 17.0 Å². The highest BCUT2D eigenvalue weighted by atomic mass is 16.7. The number of benzene rings is 2. The molecule has 0 aromatic heterocycles. The maximum Gasteiger partial charge on any atom is 0.308 e. The molecule has 1 aliphatic heterocycles. The molecule has 3 rings (SSSR count). The molecule has 1 amide bonds. The maximum atomic E-state index is 12.8. The van der Waals surface area contributed by atoms with E-state index in [-0.39, 0.29) is 12.2 Å². The third-order valence-corrected chi connectivity index (χ3v) is 4.47. The number of carbonyl (C=O) groups excluding carboxylic acids is 2. The molecule has 0 aliphatic carbocycles. The van der Waals surface area contributed by atoms with E-state index in [0.717, 1.165) is 5.56 Å². The Morgan fingerprint density at radius 2 is 1.79 bits per heavy atom. The fraction of sp³-hybridized carbons (Fsp3) is 0.182. The van der Waals surface area contributed by atoms with Crippen molar-refractivity contribution in [2.24, 2.45) is 5.16 Å². The average molecular weight is 392 g/mol. The zero-order valence-corrected chi connectivity index (χ0v) is 15.8. The maximum absolute atomic E-state index is 12.8. The average Bonchev–Trinajstić information content (AvgIpc) is 3.11. The zero-order chi connectivity index (χ0) is 20.9. The molecule has 7 nitrogen and oxygen atoms in total. The van der Waals surface area contributed by atoms with E-state index in [1.807, 2.05) is 36.4 Å². The van der Waals surface area contributed by atoms with E-state index >= 15 is 0 Å². The predicted octanol–water partition coefficient (Wildman–Crippen LogP) is 3.53. The highest BCUT2D eigenvalue weighted by molar-refractivity contribution is 6.08. The molecule has 2 aromatic carbocycles. The number of nitrogens with one attached hydrogen (secondary N) is 1. The van der Waals surface area contributed by atoms with Gasteiger partial charge in [0.15, 0.2) is 5.78 Å². The lowest BCUT2D eigenvalue weighted by atomic mass is 9.92. The van der Waals surface area contributed by atoms with Gasteiger partial charge >= 0.3 is 5.97 Å². The number of oxime groups is 1. The topological polar surface area (TPSA) is 105 Å². The van der Waals surface area contributed by atoms with Crippen LogP contribution in [-0.2, 0) is 14.4 Å². The van der Waals surface area contributed by atoms with Crippen LogP contribution in [0.15, 0.2) is 65.8 Å². The molecular formula is C22H20N2O5. The molecule has 2 N–H and O–H groups in total. The first-order valence-electron chi connectivity index (χ1n) is 9.00. The van der Waals surface area contributed by atoms with Crippen LogP contribution in [0.1, 0.15) is 35.7 Å².